The first kappa shape index (κ1) is 16.0. The second-order valence-electron chi connectivity index (χ2n) is 5.68. The molecule has 0 radical (unpaired) electrons. The van der Waals surface area contributed by atoms with Crippen molar-refractivity contribution in [3.05, 3.63) is 24.5 Å². The van der Waals surface area contributed by atoms with Crippen LogP contribution in [0.5, 0.6) is 0 Å². The smallest absolute Gasteiger partial charge is 0.233 e. The van der Waals surface area contributed by atoms with Gasteiger partial charge in [-0.2, -0.15) is 0 Å². The molecular formula is C16H21N5OS. The molecule has 0 unspecified atom stereocenters. The van der Waals surface area contributed by atoms with E-state index in [9.17, 15) is 4.79 Å². The van der Waals surface area contributed by atoms with Gasteiger partial charge in [-0.15, -0.1) is 10.2 Å². The molecule has 0 saturated carbocycles. The van der Waals surface area contributed by atoms with Gasteiger partial charge in [0.2, 0.25) is 5.91 Å². The molecule has 6 nitrogen and oxygen atoms in total. The van der Waals surface area contributed by atoms with Gasteiger partial charge in [0.05, 0.1) is 5.75 Å². The summed E-state index contributed by atoms with van der Waals surface area (Å²) in [7, 11) is 1.93. The molecular weight excluding hydrogens is 310 g/mol. The molecule has 0 aliphatic carbocycles. The lowest BCUT2D eigenvalue weighted by Crippen LogP contribution is -2.33. The minimum atomic E-state index is 0.199. The topological polar surface area (TPSA) is 63.9 Å². The fourth-order valence-electron chi connectivity index (χ4n) is 2.73. The Balaban J connectivity index is 1.62. The predicted octanol–water partition coefficient (Wildman–Crippen LogP) is 2.37. The third-order valence-electron chi connectivity index (χ3n) is 4.06. The Hall–Kier alpha value is -1.89. The van der Waals surface area contributed by atoms with E-state index in [4.69, 9.17) is 0 Å². The number of carbonyl (C=O) groups excluding carboxylic acids is 1. The second-order valence-corrected chi connectivity index (χ2v) is 6.63. The summed E-state index contributed by atoms with van der Waals surface area (Å²) in [6, 6.07) is 3.81. The number of thioether (sulfide) groups is 1. The molecule has 0 N–H and O–H groups in total. The monoisotopic (exact) mass is 331 g/mol. The minimum absolute atomic E-state index is 0.199. The van der Waals surface area contributed by atoms with Gasteiger partial charge in [0.1, 0.15) is 0 Å². The Labute approximate surface area is 140 Å². The third-order valence-corrected chi connectivity index (χ3v) is 5.06. The van der Waals surface area contributed by atoms with Crippen LogP contribution in [-0.2, 0) is 11.8 Å². The van der Waals surface area contributed by atoms with Crippen molar-refractivity contribution in [2.45, 2.75) is 30.8 Å². The fraction of sp³-hybridized carbons (Fsp3) is 0.500. The van der Waals surface area contributed by atoms with Crippen LogP contribution >= 0.6 is 11.8 Å². The van der Waals surface area contributed by atoms with Crippen LogP contribution in [0.2, 0.25) is 0 Å². The third kappa shape index (κ3) is 3.90. The van der Waals surface area contributed by atoms with Crippen molar-refractivity contribution in [3.63, 3.8) is 0 Å². The molecule has 0 aromatic carbocycles. The largest absolute Gasteiger partial charge is 0.342 e. The molecule has 0 bridgehead atoms. The number of hydrogen-bond acceptors (Lipinski definition) is 5. The molecule has 1 fully saturated rings. The first-order valence-electron chi connectivity index (χ1n) is 7.96. The molecule has 23 heavy (non-hydrogen) atoms. The van der Waals surface area contributed by atoms with Crippen molar-refractivity contribution in [1.82, 2.24) is 24.6 Å². The molecule has 3 heterocycles. The molecule has 1 aliphatic heterocycles. The number of aromatic nitrogens is 4. The standard InChI is InChI=1S/C16H21N5OS/c1-20-15(13-6-8-17-9-7-13)18-19-16(20)23-12-14(22)21-10-4-2-3-5-11-21/h6-9H,2-5,10-12H2,1H3. The van der Waals surface area contributed by atoms with Crippen molar-refractivity contribution < 1.29 is 4.79 Å². The molecule has 0 atom stereocenters. The maximum Gasteiger partial charge on any atom is 0.233 e. The van der Waals surface area contributed by atoms with Crippen molar-refractivity contribution >= 4 is 17.7 Å². The van der Waals surface area contributed by atoms with Gasteiger partial charge in [-0.25, -0.2) is 0 Å². The van der Waals surface area contributed by atoms with Gasteiger partial charge in [0.25, 0.3) is 0 Å². The average molecular weight is 331 g/mol. The maximum atomic E-state index is 12.4. The summed E-state index contributed by atoms with van der Waals surface area (Å²) in [5.41, 5.74) is 0.973. The van der Waals surface area contributed by atoms with Crippen LogP contribution in [0.25, 0.3) is 11.4 Å². The highest BCUT2D eigenvalue weighted by molar-refractivity contribution is 7.99. The Bertz CT molecular complexity index is 650. The van der Waals surface area contributed by atoms with Crippen molar-refractivity contribution in [2.24, 2.45) is 7.05 Å². The number of amides is 1. The van der Waals surface area contributed by atoms with Gasteiger partial charge >= 0.3 is 0 Å². The SMILES string of the molecule is Cn1c(SCC(=O)N2CCCCCC2)nnc1-c1ccncc1. The van der Waals surface area contributed by atoms with Gasteiger partial charge in [0.15, 0.2) is 11.0 Å². The number of pyridine rings is 1. The lowest BCUT2D eigenvalue weighted by atomic mass is 10.2. The van der Waals surface area contributed by atoms with Crippen LogP contribution in [0.4, 0.5) is 0 Å². The summed E-state index contributed by atoms with van der Waals surface area (Å²) >= 11 is 1.45. The Morgan fingerprint density at radius 3 is 2.52 bits per heavy atom. The van der Waals surface area contributed by atoms with E-state index in [2.05, 4.69) is 15.2 Å². The number of rotatable bonds is 4. The summed E-state index contributed by atoms with van der Waals surface area (Å²) < 4.78 is 1.93. The van der Waals surface area contributed by atoms with E-state index in [1.165, 1.54) is 24.6 Å². The lowest BCUT2D eigenvalue weighted by Gasteiger charge is -2.19. The molecule has 2 aromatic heterocycles. The lowest BCUT2D eigenvalue weighted by molar-refractivity contribution is -0.128. The summed E-state index contributed by atoms with van der Waals surface area (Å²) in [6.07, 6.45) is 8.17. The molecule has 122 valence electrons. The maximum absolute atomic E-state index is 12.4. The van der Waals surface area contributed by atoms with Crippen molar-refractivity contribution in [2.75, 3.05) is 18.8 Å². The summed E-state index contributed by atoms with van der Waals surface area (Å²) in [5.74, 6) is 1.41. The van der Waals surface area contributed by atoms with E-state index in [-0.39, 0.29) is 5.91 Å². The minimum Gasteiger partial charge on any atom is -0.342 e. The first-order valence-corrected chi connectivity index (χ1v) is 8.94. The zero-order valence-electron chi connectivity index (χ0n) is 13.3. The number of nitrogens with zero attached hydrogens (tertiary/aromatic N) is 5. The highest BCUT2D eigenvalue weighted by Crippen LogP contribution is 2.22. The van der Waals surface area contributed by atoms with E-state index < -0.39 is 0 Å². The van der Waals surface area contributed by atoms with Crippen LogP contribution in [0.1, 0.15) is 25.7 Å². The number of carbonyl (C=O) groups is 1. The first-order chi connectivity index (χ1) is 11.3. The van der Waals surface area contributed by atoms with Crippen LogP contribution in [0.3, 0.4) is 0 Å². The highest BCUT2D eigenvalue weighted by Gasteiger charge is 2.18. The van der Waals surface area contributed by atoms with E-state index in [1.54, 1.807) is 12.4 Å². The molecule has 7 heteroatoms. The van der Waals surface area contributed by atoms with Gasteiger partial charge in [-0.3, -0.25) is 9.78 Å². The van der Waals surface area contributed by atoms with Gasteiger partial charge in [-0.05, 0) is 25.0 Å². The molecule has 1 aliphatic rings. The molecule has 0 spiro atoms. The Morgan fingerprint density at radius 1 is 1.13 bits per heavy atom. The highest BCUT2D eigenvalue weighted by atomic mass is 32.2. The summed E-state index contributed by atoms with van der Waals surface area (Å²) in [6.45, 7) is 1.78. The van der Waals surface area contributed by atoms with Crippen LogP contribution in [0.15, 0.2) is 29.7 Å². The number of hydrogen-bond donors (Lipinski definition) is 0. The van der Waals surface area contributed by atoms with Crippen molar-refractivity contribution in [3.8, 4) is 11.4 Å². The van der Waals surface area contributed by atoms with Crippen molar-refractivity contribution in [1.29, 1.82) is 0 Å². The van der Waals surface area contributed by atoms with Crippen LogP contribution in [-0.4, -0.2) is 49.4 Å². The zero-order valence-corrected chi connectivity index (χ0v) is 14.1. The Morgan fingerprint density at radius 2 is 1.83 bits per heavy atom. The van der Waals surface area contributed by atoms with E-state index in [1.807, 2.05) is 28.6 Å². The van der Waals surface area contributed by atoms with Crippen LogP contribution in [0, 0.1) is 0 Å². The summed E-state index contributed by atoms with van der Waals surface area (Å²) in [5, 5.41) is 9.21. The molecule has 3 rings (SSSR count). The van der Waals surface area contributed by atoms with E-state index >= 15 is 0 Å². The zero-order chi connectivity index (χ0) is 16.1. The molecule has 1 amide bonds. The quantitative estimate of drug-likeness (QED) is 0.805. The summed E-state index contributed by atoms with van der Waals surface area (Å²) in [4.78, 5) is 18.4. The number of likely N-dealkylation sites (tertiary alicyclic amines) is 1. The normalized spacial score (nSPS) is 15.4. The van der Waals surface area contributed by atoms with Crippen LogP contribution < -0.4 is 0 Å². The molecule has 1 saturated heterocycles. The average Bonchev–Trinajstić information content (AvgIpc) is 2.79. The van der Waals surface area contributed by atoms with E-state index in [0.29, 0.717) is 5.75 Å². The second kappa shape index (κ2) is 7.59. The molecule has 2 aromatic rings. The van der Waals surface area contributed by atoms with Gasteiger partial charge in [0, 0.05) is 38.1 Å². The van der Waals surface area contributed by atoms with Gasteiger partial charge in [-0.1, -0.05) is 24.6 Å². The predicted molar refractivity (Wildman–Crippen MR) is 90.0 cm³/mol. The fourth-order valence-corrected chi connectivity index (χ4v) is 3.54. The Kier molecular flexibility index (Phi) is 5.27. The van der Waals surface area contributed by atoms with Gasteiger partial charge < -0.3 is 9.47 Å². The van der Waals surface area contributed by atoms with E-state index in [0.717, 1.165) is 42.5 Å².